The van der Waals surface area contributed by atoms with Crippen LogP contribution in [0.25, 0.3) is 0 Å². The molecule has 4 nitrogen and oxygen atoms in total. The van der Waals surface area contributed by atoms with E-state index in [-0.39, 0.29) is 103 Å². The third-order valence-electron chi connectivity index (χ3n) is 3.97. The van der Waals surface area contributed by atoms with E-state index in [1.54, 1.807) is 0 Å². The topological polar surface area (TPSA) is 80.3 Å². The third-order valence-corrected chi connectivity index (χ3v) is 3.97. The van der Waals surface area contributed by atoms with Crippen molar-refractivity contribution < 1.29 is 123 Å². The van der Waals surface area contributed by atoms with E-state index in [9.17, 15) is 19.8 Å². The third kappa shape index (κ3) is 20.9. The van der Waals surface area contributed by atoms with E-state index < -0.39 is 18.4 Å². The fourth-order valence-electron chi connectivity index (χ4n) is 1.49. The first-order chi connectivity index (χ1) is 8.94. The molecule has 0 aromatic rings. The van der Waals surface area contributed by atoms with Crippen molar-refractivity contribution in [1.82, 2.24) is 0 Å². The van der Waals surface area contributed by atoms with Crippen LogP contribution in [0.5, 0.6) is 0 Å². The van der Waals surface area contributed by atoms with Crippen LogP contribution in [0.4, 0.5) is 0 Å². The molecule has 0 heterocycles. The Hall–Kier alpha value is 2.81. The van der Waals surface area contributed by atoms with Crippen molar-refractivity contribution in [1.29, 1.82) is 0 Å². The van der Waals surface area contributed by atoms with Gasteiger partial charge in [-0.05, 0) is 0 Å². The number of hydrogen-bond acceptors (Lipinski definition) is 4. The van der Waals surface area contributed by atoms with Crippen molar-refractivity contribution in [2.45, 2.75) is 77.2 Å². The molecule has 0 saturated heterocycles. The second kappa shape index (κ2) is 17.2. The van der Waals surface area contributed by atoms with Crippen molar-refractivity contribution in [2.24, 2.45) is 5.41 Å². The molecule has 0 N–H and O–H groups in total. The quantitative estimate of drug-likeness (QED) is 0.261. The summed E-state index contributed by atoms with van der Waals surface area (Å²) >= 11 is 2.40. The Morgan fingerprint density at radius 2 is 1.32 bits per heavy atom. The summed E-state index contributed by atoms with van der Waals surface area (Å²) in [6.07, 6.45) is 5.90. The molecule has 0 saturated carbocycles. The summed E-state index contributed by atoms with van der Waals surface area (Å²) in [4.78, 5) is 18.6. The molecule has 1 atom stereocenters. The van der Waals surface area contributed by atoms with E-state index in [0.717, 1.165) is 0 Å². The predicted octanol–water partition coefficient (Wildman–Crippen LogP) is -4.77. The first-order valence-electron chi connectivity index (χ1n) is 7.33. The second-order valence-electron chi connectivity index (χ2n) is 6.87. The summed E-state index contributed by atoms with van der Waals surface area (Å²) in [7, 11) is 0. The molecule has 0 aliphatic rings. The molecule has 0 bridgehead atoms. The van der Waals surface area contributed by atoms with Crippen LogP contribution in [-0.4, -0.2) is 29.7 Å². The first-order valence-corrected chi connectivity index (χ1v) is 7.33. The zero-order valence-corrected chi connectivity index (χ0v) is 22.1. The van der Waals surface area contributed by atoms with Crippen LogP contribution in [0.2, 0.25) is 4.09 Å². The van der Waals surface area contributed by atoms with Crippen LogP contribution >= 0.6 is 0 Å². The van der Waals surface area contributed by atoms with E-state index in [4.69, 9.17) is 0 Å². The summed E-state index contributed by atoms with van der Waals surface area (Å²) in [6.45, 7) is 11.7. The average Bonchev–Trinajstić information content (AvgIpc) is 2.21. The molecule has 0 fully saturated rings. The summed E-state index contributed by atoms with van der Waals surface area (Å²) < 4.78 is 0.487. The SMILES string of the molecule is O=C([O-])CC(=O)[O-].[K+].[K+].[Li][C](C)(CCCCCC)C(C)(C)C. The van der Waals surface area contributed by atoms with Crippen molar-refractivity contribution in [3.8, 4) is 0 Å². The van der Waals surface area contributed by atoms with Gasteiger partial charge in [0.15, 0.2) is 0 Å². The molecule has 1 unspecified atom stereocenters. The Morgan fingerprint density at radius 3 is 1.55 bits per heavy atom. The number of hydrogen-bond donors (Lipinski definition) is 0. The molecule has 0 rings (SSSR count). The van der Waals surface area contributed by atoms with Crippen molar-refractivity contribution in [2.75, 3.05) is 0 Å². The molecule has 7 heteroatoms. The summed E-state index contributed by atoms with van der Waals surface area (Å²) in [5, 5.41) is 18.6. The van der Waals surface area contributed by atoms with Gasteiger partial charge < -0.3 is 19.8 Å². The molecule has 0 amide bonds. The molecular weight excluding hydrogens is 329 g/mol. The van der Waals surface area contributed by atoms with E-state index >= 15 is 0 Å². The number of carboxylic acid groups (broad SMARTS) is 2. The van der Waals surface area contributed by atoms with Crippen LogP contribution in [0.1, 0.15) is 73.1 Å². The van der Waals surface area contributed by atoms with E-state index in [1.807, 2.05) is 0 Å². The molecule has 0 aliphatic carbocycles. The first kappa shape index (κ1) is 32.5. The van der Waals surface area contributed by atoms with Gasteiger partial charge in [-0.1, -0.05) is 0 Å². The minimum absolute atomic E-state index is 0. The van der Waals surface area contributed by atoms with Gasteiger partial charge in [-0.15, -0.1) is 0 Å². The molecule has 0 aromatic carbocycles. The second-order valence-corrected chi connectivity index (χ2v) is 6.87. The van der Waals surface area contributed by atoms with Gasteiger partial charge in [0.25, 0.3) is 0 Å². The van der Waals surface area contributed by atoms with Crippen molar-refractivity contribution in [3.63, 3.8) is 0 Å². The summed E-state index contributed by atoms with van der Waals surface area (Å²) in [5.74, 6) is -3.25. The average molecular weight is 357 g/mol. The minimum atomic E-state index is -1.63. The number of carbonyl (C=O) groups excluding carboxylic acids is 2. The van der Waals surface area contributed by atoms with E-state index in [0.29, 0.717) is 9.50 Å². The van der Waals surface area contributed by atoms with Gasteiger partial charge in [0.05, 0.1) is 0 Å². The molecule has 22 heavy (non-hydrogen) atoms. The van der Waals surface area contributed by atoms with Gasteiger partial charge in [-0.3, -0.25) is 0 Å². The standard InChI is InChI=1S/C12H25.C3H4O4.2K.Li/c1-6-7-8-9-10-11(2)12(3,4)5;4-2(5)1-3(6)7;;;/h6-10H2,1-5H3;1H2,(H,4,5)(H,6,7);;;/q;;2*+1;/p-2. The number of carboxylic acids is 2. The fourth-order valence-corrected chi connectivity index (χ4v) is 1.49. The molecule has 0 aliphatic heterocycles. The van der Waals surface area contributed by atoms with Crippen LogP contribution in [0, 0.1) is 5.41 Å². The zero-order chi connectivity index (χ0) is 16.4. The number of unbranched alkanes of at least 4 members (excludes halogenated alkanes) is 3. The van der Waals surface area contributed by atoms with Crippen molar-refractivity contribution in [3.05, 3.63) is 0 Å². The normalized spacial score (nSPS) is 12.7. The Bertz CT molecular complexity index is 290. The maximum absolute atomic E-state index is 9.28. The van der Waals surface area contributed by atoms with Gasteiger partial charge >= 0.3 is 197 Å². The molecule has 0 radical (unpaired) electrons. The molecule has 0 spiro atoms. The molecule has 0 aromatic heterocycles. The van der Waals surface area contributed by atoms with E-state index in [2.05, 4.69) is 52.3 Å². The molecular formula is C15H27K2LiO4. The number of aliphatic carboxylic acids is 2. The van der Waals surface area contributed by atoms with Gasteiger partial charge in [0, 0.05) is 18.4 Å². The Kier molecular flexibility index (Phi) is 25.4. The van der Waals surface area contributed by atoms with Crippen LogP contribution < -0.4 is 113 Å². The zero-order valence-electron chi connectivity index (χ0n) is 15.9. The Balaban J connectivity index is -0.000000156. The predicted molar refractivity (Wildman–Crippen MR) is 77.0 cm³/mol. The number of rotatable bonds is 7. The van der Waals surface area contributed by atoms with Gasteiger partial charge in [0.1, 0.15) is 0 Å². The van der Waals surface area contributed by atoms with Gasteiger partial charge in [-0.25, -0.2) is 0 Å². The molecule has 114 valence electrons. The van der Waals surface area contributed by atoms with Crippen LogP contribution in [0.15, 0.2) is 0 Å². The van der Waals surface area contributed by atoms with Crippen LogP contribution in [0.3, 0.4) is 0 Å². The summed E-state index contributed by atoms with van der Waals surface area (Å²) in [6, 6.07) is 0. The monoisotopic (exact) mass is 356 g/mol. The van der Waals surface area contributed by atoms with Crippen LogP contribution in [-0.2, 0) is 9.59 Å². The fraction of sp³-hybridized carbons (Fsp3) is 0.867. The van der Waals surface area contributed by atoms with E-state index in [1.165, 1.54) is 32.1 Å². The van der Waals surface area contributed by atoms with Gasteiger partial charge in [0.2, 0.25) is 0 Å². The number of carbonyl (C=O) groups is 2. The van der Waals surface area contributed by atoms with Gasteiger partial charge in [-0.2, -0.15) is 0 Å². The Morgan fingerprint density at radius 1 is 0.909 bits per heavy atom. The Labute approximate surface area is 230 Å². The summed E-state index contributed by atoms with van der Waals surface area (Å²) in [5.41, 5.74) is 0.444. The van der Waals surface area contributed by atoms with Crippen molar-refractivity contribution >= 4 is 29.7 Å². The maximum atomic E-state index is 9.28.